The number of likely N-dealkylation sites (N-methyl/N-ethyl adjacent to an activating group) is 1. The van der Waals surface area contributed by atoms with Crippen LogP contribution in [0.1, 0.15) is 26.7 Å². The average molecular weight is 156 g/mol. The lowest BCUT2D eigenvalue weighted by Gasteiger charge is -2.10. The maximum absolute atomic E-state index is 11.1. The number of carbonyl (C=O) groups excluding carboxylic acids is 1. The molecule has 0 aliphatic carbocycles. The first kappa shape index (κ1) is 8.37. The number of hydrogen-bond donors (Lipinski definition) is 1. The normalized spacial score (nSPS) is 24.0. The van der Waals surface area contributed by atoms with Crippen LogP contribution in [-0.2, 0) is 0 Å². The smallest absolute Gasteiger partial charge is 0.317 e. The Bertz CT molecular complexity index is 147. The minimum Gasteiger partial charge on any atom is -0.333 e. The van der Waals surface area contributed by atoms with Gasteiger partial charge in [0.2, 0.25) is 0 Å². The molecule has 1 fully saturated rings. The topological polar surface area (TPSA) is 32.3 Å². The maximum Gasteiger partial charge on any atom is 0.317 e. The fourth-order valence-corrected chi connectivity index (χ4v) is 1.45. The van der Waals surface area contributed by atoms with E-state index < -0.39 is 0 Å². The molecule has 1 unspecified atom stereocenters. The summed E-state index contributed by atoms with van der Waals surface area (Å²) in [5.74, 6) is 0. The van der Waals surface area contributed by atoms with Crippen molar-refractivity contribution in [3.63, 3.8) is 0 Å². The van der Waals surface area contributed by atoms with Gasteiger partial charge >= 0.3 is 6.03 Å². The lowest BCUT2D eigenvalue weighted by Crippen LogP contribution is -2.28. The van der Waals surface area contributed by atoms with Crippen LogP contribution in [-0.4, -0.2) is 30.1 Å². The third-order valence-electron chi connectivity index (χ3n) is 2.07. The van der Waals surface area contributed by atoms with Crippen molar-refractivity contribution in [3.05, 3.63) is 0 Å². The number of amides is 2. The molecular weight excluding hydrogens is 140 g/mol. The summed E-state index contributed by atoms with van der Waals surface area (Å²) in [7, 11) is 0. The van der Waals surface area contributed by atoms with Gasteiger partial charge in [-0.2, -0.15) is 0 Å². The predicted octanol–water partition coefficient (Wildman–Crippen LogP) is 1.20. The molecule has 0 spiro atoms. The van der Waals surface area contributed by atoms with Crippen molar-refractivity contribution in [1.82, 2.24) is 10.2 Å². The standard InChI is InChI=1S/C8H16N2O/c1-3-5-7-6-10(4-2)8(11)9-7/h7H,3-6H2,1-2H3,(H,9,11). The zero-order chi connectivity index (χ0) is 8.27. The highest BCUT2D eigenvalue weighted by atomic mass is 16.2. The van der Waals surface area contributed by atoms with E-state index in [0.717, 1.165) is 25.9 Å². The van der Waals surface area contributed by atoms with Gasteiger partial charge in [-0.1, -0.05) is 13.3 Å². The van der Waals surface area contributed by atoms with Gasteiger partial charge in [0.05, 0.1) is 0 Å². The minimum atomic E-state index is 0.103. The van der Waals surface area contributed by atoms with Crippen molar-refractivity contribution < 1.29 is 4.79 Å². The third-order valence-corrected chi connectivity index (χ3v) is 2.07. The van der Waals surface area contributed by atoms with Gasteiger partial charge in [-0.15, -0.1) is 0 Å². The van der Waals surface area contributed by atoms with E-state index >= 15 is 0 Å². The van der Waals surface area contributed by atoms with Crippen LogP contribution >= 0.6 is 0 Å². The number of hydrogen-bond acceptors (Lipinski definition) is 1. The van der Waals surface area contributed by atoms with E-state index in [1.165, 1.54) is 0 Å². The fourth-order valence-electron chi connectivity index (χ4n) is 1.45. The van der Waals surface area contributed by atoms with Gasteiger partial charge in [0.15, 0.2) is 0 Å². The van der Waals surface area contributed by atoms with E-state index in [-0.39, 0.29) is 6.03 Å². The number of nitrogens with one attached hydrogen (secondary N) is 1. The summed E-state index contributed by atoms with van der Waals surface area (Å²) in [5, 5.41) is 2.94. The number of urea groups is 1. The molecule has 0 aromatic heterocycles. The van der Waals surface area contributed by atoms with E-state index in [9.17, 15) is 4.79 Å². The SMILES string of the molecule is CCCC1CN(CC)C(=O)N1. The summed E-state index contributed by atoms with van der Waals surface area (Å²) in [6, 6.07) is 0.499. The molecule has 3 nitrogen and oxygen atoms in total. The van der Waals surface area contributed by atoms with E-state index in [1.807, 2.05) is 11.8 Å². The molecule has 0 aromatic carbocycles. The fraction of sp³-hybridized carbons (Fsp3) is 0.875. The highest BCUT2D eigenvalue weighted by Gasteiger charge is 2.25. The Kier molecular flexibility index (Phi) is 2.74. The first-order chi connectivity index (χ1) is 5.27. The Hall–Kier alpha value is -0.730. The van der Waals surface area contributed by atoms with Crippen LogP contribution in [0.5, 0.6) is 0 Å². The molecule has 1 atom stereocenters. The summed E-state index contributed by atoms with van der Waals surface area (Å²) in [5.41, 5.74) is 0. The van der Waals surface area contributed by atoms with E-state index in [2.05, 4.69) is 12.2 Å². The molecule has 0 bridgehead atoms. The minimum absolute atomic E-state index is 0.103. The Morgan fingerprint density at radius 2 is 2.36 bits per heavy atom. The van der Waals surface area contributed by atoms with Crippen molar-refractivity contribution in [2.24, 2.45) is 0 Å². The molecule has 0 radical (unpaired) electrons. The molecule has 1 N–H and O–H groups in total. The molecule has 64 valence electrons. The maximum atomic E-state index is 11.1. The van der Waals surface area contributed by atoms with E-state index in [0.29, 0.717) is 6.04 Å². The van der Waals surface area contributed by atoms with Crippen molar-refractivity contribution in [2.75, 3.05) is 13.1 Å². The van der Waals surface area contributed by atoms with Crippen LogP contribution in [0.2, 0.25) is 0 Å². The van der Waals surface area contributed by atoms with Crippen molar-refractivity contribution in [3.8, 4) is 0 Å². The second-order valence-corrected chi connectivity index (χ2v) is 2.97. The summed E-state index contributed by atoms with van der Waals surface area (Å²) in [4.78, 5) is 13.0. The molecule has 0 aromatic rings. The molecule has 1 saturated heterocycles. The zero-order valence-corrected chi connectivity index (χ0v) is 7.26. The molecule has 2 amide bonds. The van der Waals surface area contributed by atoms with E-state index in [4.69, 9.17) is 0 Å². The first-order valence-electron chi connectivity index (χ1n) is 4.33. The first-order valence-corrected chi connectivity index (χ1v) is 4.33. The highest BCUT2D eigenvalue weighted by molar-refractivity contribution is 5.76. The van der Waals surface area contributed by atoms with Gasteiger partial charge < -0.3 is 10.2 Å². The largest absolute Gasteiger partial charge is 0.333 e. The van der Waals surface area contributed by atoms with Crippen molar-refractivity contribution >= 4 is 6.03 Å². The van der Waals surface area contributed by atoms with Gasteiger partial charge in [-0.05, 0) is 13.3 Å². The monoisotopic (exact) mass is 156 g/mol. The molecule has 3 heteroatoms. The Labute approximate surface area is 67.8 Å². The summed E-state index contributed by atoms with van der Waals surface area (Å²) in [6.07, 6.45) is 2.24. The Morgan fingerprint density at radius 1 is 1.64 bits per heavy atom. The van der Waals surface area contributed by atoms with Crippen LogP contribution in [0, 0.1) is 0 Å². The van der Waals surface area contributed by atoms with Gasteiger partial charge in [0.25, 0.3) is 0 Å². The van der Waals surface area contributed by atoms with Crippen LogP contribution < -0.4 is 5.32 Å². The molecule has 1 heterocycles. The number of carbonyl (C=O) groups is 1. The second kappa shape index (κ2) is 3.60. The number of rotatable bonds is 3. The van der Waals surface area contributed by atoms with Crippen molar-refractivity contribution in [1.29, 1.82) is 0 Å². The van der Waals surface area contributed by atoms with Crippen molar-refractivity contribution in [2.45, 2.75) is 32.7 Å². The molecule has 1 aliphatic heterocycles. The quantitative estimate of drug-likeness (QED) is 0.654. The lowest BCUT2D eigenvalue weighted by atomic mass is 10.2. The summed E-state index contributed by atoms with van der Waals surface area (Å²) >= 11 is 0. The van der Waals surface area contributed by atoms with Gasteiger partial charge in [-0.25, -0.2) is 4.79 Å². The molecule has 0 saturated carbocycles. The van der Waals surface area contributed by atoms with E-state index in [1.54, 1.807) is 0 Å². The zero-order valence-electron chi connectivity index (χ0n) is 7.26. The molecule has 1 rings (SSSR count). The molecule has 1 aliphatic rings. The van der Waals surface area contributed by atoms with Crippen LogP contribution in [0.25, 0.3) is 0 Å². The molecular formula is C8H16N2O. The van der Waals surface area contributed by atoms with Crippen LogP contribution in [0.4, 0.5) is 4.79 Å². The Morgan fingerprint density at radius 3 is 2.82 bits per heavy atom. The lowest BCUT2D eigenvalue weighted by molar-refractivity contribution is 0.219. The highest BCUT2D eigenvalue weighted by Crippen LogP contribution is 2.07. The van der Waals surface area contributed by atoms with Crippen LogP contribution in [0.3, 0.4) is 0 Å². The van der Waals surface area contributed by atoms with Crippen LogP contribution in [0.15, 0.2) is 0 Å². The summed E-state index contributed by atoms with van der Waals surface area (Å²) in [6.45, 7) is 5.86. The number of nitrogens with zero attached hydrogens (tertiary/aromatic N) is 1. The second-order valence-electron chi connectivity index (χ2n) is 2.97. The third kappa shape index (κ3) is 1.85. The average Bonchev–Trinajstić information content (AvgIpc) is 2.32. The Balaban J connectivity index is 2.36. The molecule has 11 heavy (non-hydrogen) atoms. The van der Waals surface area contributed by atoms with Gasteiger partial charge in [0.1, 0.15) is 0 Å². The van der Waals surface area contributed by atoms with Gasteiger partial charge in [0, 0.05) is 19.1 Å². The summed E-state index contributed by atoms with van der Waals surface area (Å²) < 4.78 is 0. The van der Waals surface area contributed by atoms with Gasteiger partial charge in [-0.3, -0.25) is 0 Å². The predicted molar refractivity (Wildman–Crippen MR) is 44.5 cm³/mol.